The predicted molar refractivity (Wildman–Crippen MR) is 133 cm³/mol. The Bertz CT molecular complexity index is 1330. The summed E-state index contributed by atoms with van der Waals surface area (Å²) >= 11 is 0. The second-order valence-electron chi connectivity index (χ2n) is 9.73. The highest BCUT2D eigenvalue weighted by molar-refractivity contribution is 6.44. The van der Waals surface area contributed by atoms with E-state index in [2.05, 4.69) is 9.97 Å². The van der Waals surface area contributed by atoms with Crippen molar-refractivity contribution in [1.29, 1.82) is 0 Å². The third-order valence-corrected chi connectivity index (χ3v) is 7.28. The van der Waals surface area contributed by atoms with Crippen molar-refractivity contribution in [3.8, 4) is 5.88 Å². The number of pyridine rings is 1. The molecule has 9 nitrogen and oxygen atoms in total. The van der Waals surface area contributed by atoms with Crippen LogP contribution in [0.2, 0.25) is 0 Å². The summed E-state index contributed by atoms with van der Waals surface area (Å²) in [5.74, 6) is -1.38. The Balaban J connectivity index is 1.32. The molecule has 2 fully saturated rings. The number of piperidine rings is 1. The molecule has 4 heterocycles. The Morgan fingerprint density at radius 2 is 1.78 bits per heavy atom. The van der Waals surface area contributed by atoms with Crippen LogP contribution in [0.3, 0.4) is 0 Å². The summed E-state index contributed by atoms with van der Waals surface area (Å²) in [6.07, 6.45) is 3.67. The average Bonchev–Trinajstić information content (AvgIpc) is 3.54. The maximum Gasteiger partial charge on any atom is 0.295 e. The zero-order valence-electron chi connectivity index (χ0n) is 20.6. The van der Waals surface area contributed by atoms with Gasteiger partial charge >= 0.3 is 0 Å². The minimum Gasteiger partial charge on any atom is -0.480 e. The number of aromatic nitrogens is 2. The number of H-pyrrole nitrogens is 1. The molecule has 2 saturated heterocycles. The average molecular weight is 509 g/mol. The molecule has 0 spiro atoms. The van der Waals surface area contributed by atoms with Crippen LogP contribution >= 0.6 is 0 Å². The van der Waals surface area contributed by atoms with Gasteiger partial charge in [0, 0.05) is 37.8 Å². The van der Waals surface area contributed by atoms with Crippen LogP contribution in [-0.2, 0) is 11.2 Å². The molecule has 1 atom stereocenters. The lowest BCUT2D eigenvalue weighted by molar-refractivity contribution is -0.125. The fraction of sp³-hybridized carbons (Fsp3) is 0.407. The van der Waals surface area contributed by atoms with E-state index in [0.29, 0.717) is 43.0 Å². The molecule has 2 aromatic heterocycles. The van der Waals surface area contributed by atoms with E-state index in [1.165, 1.54) is 30.3 Å². The number of carbonyl (C=O) groups is 3. The summed E-state index contributed by atoms with van der Waals surface area (Å²) in [6, 6.07) is 8.08. The number of aliphatic hydroxyl groups excluding tert-OH is 1. The number of nitrogens with one attached hydrogen (secondary N) is 1. The molecule has 0 bridgehead atoms. The van der Waals surface area contributed by atoms with Crippen LogP contribution in [0.1, 0.15) is 45.5 Å². The van der Waals surface area contributed by atoms with Gasteiger partial charge in [-0.15, -0.1) is 0 Å². The molecule has 0 saturated carbocycles. The van der Waals surface area contributed by atoms with E-state index in [9.17, 15) is 23.9 Å². The van der Waals surface area contributed by atoms with Crippen molar-refractivity contribution in [3.05, 3.63) is 59.0 Å². The van der Waals surface area contributed by atoms with Gasteiger partial charge in [-0.05, 0) is 55.4 Å². The van der Waals surface area contributed by atoms with Gasteiger partial charge in [0.15, 0.2) is 0 Å². The number of hydrogen-bond donors (Lipinski definition) is 2. The maximum absolute atomic E-state index is 13.5. The Hall–Kier alpha value is -3.79. The van der Waals surface area contributed by atoms with Crippen LogP contribution in [0.5, 0.6) is 5.88 Å². The number of ketones is 1. The number of amides is 2. The van der Waals surface area contributed by atoms with Gasteiger partial charge < -0.3 is 24.6 Å². The minimum atomic E-state index is -0.715. The SMILES string of the molecule is COc1nc2[nH]cc(C(=O)C(=O)N3CC[C@H](O)C3)c2cc1C(=O)N1CCC(Cc2ccc(F)cc2)CC1. The van der Waals surface area contributed by atoms with Gasteiger partial charge in [-0.3, -0.25) is 14.4 Å². The summed E-state index contributed by atoms with van der Waals surface area (Å²) < 4.78 is 18.6. The number of benzene rings is 1. The van der Waals surface area contributed by atoms with Crippen LogP contribution < -0.4 is 4.74 Å². The lowest BCUT2D eigenvalue weighted by Gasteiger charge is -2.32. The summed E-state index contributed by atoms with van der Waals surface area (Å²) in [5, 5.41) is 10.1. The third kappa shape index (κ3) is 5.06. The number of rotatable bonds is 6. The first-order chi connectivity index (χ1) is 17.8. The highest BCUT2D eigenvalue weighted by Gasteiger charge is 2.32. The number of fused-ring (bicyclic) bond motifs is 1. The zero-order valence-corrected chi connectivity index (χ0v) is 20.6. The highest BCUT2D eigenvalue weighted by atomic mass is 19.1. The predicted octanol–water partition coefficient (Wildman–Crippen LogP) is 2.58. The Morgan fingerprint density at radius 1 is 1.08 bits per heavy atom. The number of hydrogen-bond acceptors (Lipinski definition) is 6. The molecule has 194 valence electrons. The topological polar surface area (TPSA) is 116 Å². The van der Waals surface area contributed by atoms with E-state index in [-0.39, 0.29) is 35.3 Å². The molecule has 2 amide bonds. The summed E-state index contributed by atoms with van der Waals surface area (Å²) in [7, 11) is 1.43. The smallest absolute Gasteiger partial charge is 0.295 e. The van der Waals surface area contributed by atoms with Gasteiger partial charge in [-0.1, -0.05) is 12.1 Å². The first kappa shape index (κ1) is 24.9. The van der Waals surface area contributed by atoms with Crippen molar-refractivity contribution in [2.45, 2.75) is 31.8 Å². The third-order valence-electron chi connectivity index (χ3n) is 7.28. The number of methoxy groups -OCH3 is 1. The molecular weight excluding hydrogens is 479 g/mol. The number of β-amino-alcohol motifs (C(OH)–C–C–N with tert-alkyl or cyclic N) is 1. The molecule has 3 aromatic rings. The highest BCUT2D eigenvalue weighted by Crippen LogP contribution is 2.29. The van der Waals surface area contributed by atoms with E-state index in [0.717, 1.165) is 24.8 Å². The van der Waals surface area contributed by atoms with E-state index < -0.39 is 17.8 Å². The standard InChI is InChI=1S/C27H29FN4O5/c1-37-25-21(26(35)31-9-6-17(7-10-31)12-16-2-4-18(28)5-3-16)13-20-22(14-29-24(20)30-25)23(34)27(36)32-11-8-19(33)15-32/h2-5,13-14,17,19,33H,6-12,15H2,1H3,(H,29,30)/t19-/m0/s1. The molecule has 2 aliphatic heterocycles. The van der Waals surface area contributed by atoms with Crippen molar-refractivity contribution >= 4 is 28.6 Å². The van der Waals surface area contributed by atoms with Crippen molar-refractivity contribution in [2.75, 3.05) is 33.3 Å². The van der Waals surface area contributed by atoms with Crippen LogP contribution in [0, 0.1) is 11.7 Å². The largest absolute Gasteiger partial charge is 0.480 e. The minimum absolute atomic E-state index is 0.125. The fourth-order valence-corrected chi connectivity index (χ4v) is 5.18. The van der Waals surface area contributed by atoms with Crippen molar-refractivity contribution < 1.29 is 28.6 Å². The number of ether oxygens (including phenoxy) is 1. The van der Waals surface area contributed by atoms with E-state index >= 15 is 0 Å². The van der Waals surface area contributed by atoms with Crippen molar-refractivity contribution in [1.82, 2.24) is 19.8 Å². The molecule has 1 aromatic carbocycles. The van der Waals surface area contributed by atoms with Crippen molar-refractivity contribution in [3.63, 3.8) is 0 Å². The van der Waals surface area contributed by atoms with Crippen LogP contribution in [0.25, 0.3) is 11.0 Å². The van der Waals surface area contributed by atoms with Gasteiger partial charge in [-0.2, -0.15) is 4.98 Å². The first-order valence-corrected chi connectivity index (χ1v) is 12.5. The number of halogens is 1. The normalized spacial score (nSPS) is 18.4. The fourth-order valence-electron chi connectivity index (χ4n) is 5.18. The van der Waals surface area contributed by atoms with Crippen LogP contribution in [0.4, 0.5) is 4.39 Å². The van der Waals surface area contributed by atoms with E-state index in [1.807, 2.05) is 0 Å². The number of carbonyl (C=O) groups excluding carboxylic acids is 3. The van der Waals surface area contributed by atoms with Gasteiger partial charge in [-0.25, -0.2) is 4.39 Å². The molecule has 0 radical (unpaired) electrons. The quantitative estimate of drug-likeness (QED) is 0.391. The van der Waals surface area contributed by atoms with E-state index in [1.54, 1.807) is 23.1 Å². The molecule has 0 aliphatic carbocycles. The van der Waals surface area contributed by atoms with Crippen LogP contribution in [-0.4, -0.2) is 81.9 Å². The number of Topliss-reactive ketones (excluding diaryl/α,β-unsaturated/α-hetero) is 1. The Morgan fingerprint density at radius 3 is 2.43 bits per heavy atom. The van der Waals surface area contributed by atoms with Gasteiger partial charge in [0.2, 0.25) is 5.88 Å². The van der Waals surface area contributed by atoms with E-state index in [4.69, 9.17) is 4.74 Å². The van der Waals surface area contributed by atoms with Gasteiger partial charge in [0.05, 0.1) is 18.8 Å². The lowest BCUT2D eigenvalue weighted by atomic mass is 9.90. The number of nitrogens with zero attached hydrogens (tertiary/aromatic N) is 3. The Kier molecular flexibility index (Phi) is 6.92. The monoisotopic (exact) mass is 508 g/mol. The molecule has 2 N–H and O–H groups in total. The summed E-state index contributed by atoms with van der Waals surface area (Å²) in [4.78, 5) is 49.5. The molecular formula is C27H29FN4O5. The van der Waals surface area contributed by atoms with Crippen LogP contribution in [0.15, 0.2) is 36.5 Å². The zero-order chi connectivity index (χ0) is 26.1. The number of aliphatic hydroxyl groups is 1. The number of likely N-dealkylation sites (tertiary alicyclic amines) is 2. The first-order valence-electron chi connectivity index (χ1n) is 12.5. The second kappa shape index (κ2) is 10.3. The number of aromatic amines is 1. The second-order valence-corrected chi connectivity index (χ2v) is 9.73. The van der Waals surface area contributed by atoms with Crippen molar-refractivity contribution in [2.24, 2.45) is 5.92 Å². The molecule has 5 rings (SSSR count). The molecule has 10 heteroatoms. The molecule has 2 aliphatic rings. The molecule has 37 heavy (non-hydrogen) atoms. The molecule has 0 unspecified atom stereocenters. The lowest BCUT2D eigenvalue weighted by Crippen LogP contribution is -2.39. The Labute approximate surface area is 213 Å². The summed E-state index contributed by atoms with van der Waals surface area (Å²) in [5.41, 5.74) is 1.77. The summed E-state index contributed by atoms with van der Waals surface area (Å²) in [6.45, 7) is 1.56. The maximum atomic E-state index is 13.5. The van der Waals surface area contributed by atoms with Gasteiger partial charge in [0.25, 0.3) is 17.6 Å². The van der Waals surface area contributed by atoms with Gasteiger partial charge in [0.1, 0.15) is 17.0 Å².